The molecule has 6 nitrogen and oxygen atoms in total. The monoisotopic (exact) mass is 481 g/mol. The van der Waals surface area contributed by atoms with Crippen LogP contribution in [0.25, 0.3) is 0 Å². The molecular formula is C28H36FN3O3. The lowest BCUT2D eigenvalue weighted by atomic mass is 9.83. The van der Waals surface area contributed by atoms with Gasteiger partial charge >= 0.3 is 5.97 Å². The summed E-state index contributed by atoms with van der Waals surface area (Å²) in [7, 11) is 1.61. The first-order valence-corrected chi connectivity index (χ1v) is 11.7. The van der Waals surface area contributed by atoms with Crippen LogP contribution in [0.3, 0.4) is 0 Å². The maximum absolute atomic E-state index is 11.9. The number of nitrogens with one attached hydrogen (secondary N) is 2. The van der Waals surface area contributed by atoms with Crippen LogP contribution in [0.5, 0.6) is 5.88 Å². The SMILES string of the molecule is COc1ncccc1NCCCNC[C@@H](C)c1cccc(C(C)(C)C(=O)O)c1.Fc1ccccc1. The van der Waals surface area contributed by atoms with Crippen molar-refractivity contribution in [2.24, 2.45) is 0 Å². The fourth-order valence-electron chi connectivity index (χ4n) is 3.33. The van der Waals surface area contributed by atoms with Gasteiger partial charge in [-0.05, 0) is 68.1 Å². The molecule has 0 aliphatic heterocycles. The molecule has 0 fully saturated rings. The van der Waals surface area contributed by atoms with E-state index in [-0.39, 0.29) is 5.82 Å². The molecule has 0 unspecified atom stereocenters. The Morgan fingerprint density at radius 1 is 1.09 bits per heavy atom. The largest absolute Gasteiger partial charge is 0.481 e. The number of pyridine rings is 1. The first kappa shape index (κ1) is 27.8. The highest BCUT2D eigenvalue weighted by molar-refractivity contribution is 5.80. The summed E-state index contributed by atoms with van der Waals surface area (Å²) in [6, 6.07) is 19.7. The topological polar surface area (TPSA) is 83.5 Å². The summed E-state index contributed by atoms with van der Waals surface area (Å²) < 4.78 is 17.1. The normalized spacial score (nSPS) is 11.7. The zero-order chi connectivity index (χ0) is 25.7. The molecule has 3 N–H and O–H groups in total. The second-order valence-corrected chi connectivity index (χ2v) is 8.80. The number of carboxylic acids is 1. The van der Waals surface area contributed by atoms with Gasteiger partial charge in [-0.1, -0.05) is 49.4 Å². The fraction of sp³-hybridized carbons (Fsp3) is 0.357. The van der Waals surface area contributed by atoms with E-state index in [4.69, 9.17) is 4.74 Å². The van der Waals surface area contributed by atoms with Crippen LogP contribution in [0, 0.1) is 5.82 Å². The third-order valence-corrected chi connectivity index (χ3v) is 5.71. The molecule has 188 valence electrons. The van der Waals surface area contributed by atoms with Gasteiger partial charge in [0.25, 0.3) is 0 Å². The number of aliphatic carboxylic acids is 1. The maximum atomic E-state index is 11.9. The van der Waals surface area contributed by atoms with E-state index in [1.165, 1.54) is 12.1 Å². The molecule has 1 heterocycles. The van der Waals surface area contributed by atoms with Gasteiger partial charge in [-0.15, -0.1) is 0 Å². The summed E-state index contributed by atoms with van der Waals surface area (Å²) in [6.45, 7) is 8.18. The van der Waals surface area contributed by atoms with E-state index in [9.17, 15) is 14.3 Å². The standard InChI is InChI=1S/C22H31N3O3.C6H5F/c1-16(17-8-5-9-18(14-17)22(2,3)21(26)27)15-23-11-7-13-24-19-10-6-12-25-20(19)28-4;7-6-4-2-1-3-5-6/h5-6,8-10,12,14,16,23-24H,7,11,13,15H2,1-4H3,(H,26,27);1-5H/t16-;/m1./s1. The van der Waals surface area contributed by atoms with Crippen LogP contribution in [0.15, 0.2) is 72.9 Å². The molecule has 3 rings (SSSR count). The Labute approximate surface area is 207 Å². The molecule has 0 saturated heterocycles. The molecule has 7 heteroatoms. The predicted octanol–water partition coefficient (Wildman–Crippen LogP) is 5.47. The van der Waals surface area contributed by atoms with E-state index in [1.54, 1.807) is 45.4 Å². The highest BCUT2D eigenvalue weighted by Crippen LogP contribution is 2.26. The minimum Gasteiger partial charge on any atom is -0.481 e. The number of hydrogen-bond acceptors (Lipinski definition) is 5. The van der Waals surface area contributed by atoms with Crippen LogP contribution >= 0.6 is 0 Å². The van der Waals surface area contributed by atoms with Gasteiger partial charge in [-0.25, -0.2) is 9.37 Å². The van der Waals surface area contributed by atoms with Gasteiger partial charge in [0.1, 0.15) is 5.82 Å². The summed E-state index contributed by atoms with van der Waals surface area (Å²) in [4.78, 5) is 15.7. The minimum atomic E-state index is -0.887. The Balaban J connectivity index is 0.000000527. The zero-order valence-electron chi connectivity index (χ0n) is 20.9. The number of rotatable bonds is 11. The average molecular weight is 482 g/mol. The minimum absolute atomic E-state index is 0.178. The molecule has 3 aromatic rings. The van der Waals surface area contributed by atoms with E-state index < -0.39 is 11.4 Å². The smallest absolute Gasteiger partial charge is 0.313 e. The second kappa shape index (κ2) is 14.1. The van der Waals surface area contributed by atoms with Crippen LogP contribution in [-0.2, 0) is 10.2 Å². The van der Waals surface area contributed by atoms with Crippen LogP contribution in [-0.4, -0.2) is 42.8 Å². The third kappa shape index (κ3) is 9.02. The summed E-state index contributed by atoms with van der Waals surface area (Å²) >= 11 is 0. The first-order chi connectivity index (χ1) is 16.8. The van der Waals surface area contributed by atoms with Crippen molar-refractivity contribution >= 4 is 11.7 Å². The fourth-order valence-corrected chi connectivity index (χ4v) is 3.33. The summed E-state index contributed by atoms with van der Waals surface area (Å²) in [5.41, 5.74) is 2.00. The van der Waals surface area contributed by atoms with Crippen molar-refractivity contribution in [3.63, 3.8) is 0 Å². The quantitative estimate of drug-likeness (QED) is 0.315. The number of anilines is 1. The lowest BCUT2D eigenvalue weighted by Gasteiger charge is -2.22. The number of ether oxygens (including phenoxy) is 1. The molecule has 0 bridgehead atoms. The van der Waals surface area contributed by atoms with Gasteiger partial charge in [-0.3, -0.25) is 4.79 Å². The highest BCUT2D eigenvalue weighted by atomic mass is 19.1. The number of aromatic nitrogens is 1. The van der Waals surface area contributed by atoms with E-state index >= 15 is 0 Å². The molecule has 0 radical (unpaired) electrons. The molecule has 0 amide bonds. The average Bonchev–Trinajstić information content (AvgIpc) is 2.87. The molecule has 1 aromatic heterocycles. The maximum Gasteiger partial charge on any atom is 0.313 e. The number of carbonyl (C=O) groups is 1. The van der Waals surface area contributed by atoms with Crippen molar-refractivity contribution in [2.75, 3.05) is 32.1 Å². The summed E-state index contributed by atoms with van der Waals surface area (Å²) in [5.74, 6) is -0.0835. The van der Waals surface area contributed by atoms with Crippen molar-refractivity contribution in [3.05, 3.63) is 89.9 Å². The molecule has 0 spiro atoms. The van der Waals surface area contributed by atoms with Gasteiger partial charge < -0.3 is 20.5 Å². The van der Waals surface area contributed by atoms with Crippen molar-refractivity contribution in [1.29, 1.82) is 0 Å². The van der Waals surface area contributed by atoms with Crippen LogP contribution in [0.4, 0.5) is 10.1 Å². The van der Waals surface area contributed by atoms with Gasteiger partial charge in [0.05, 0.1) is 18.2 Å². The molecular weight excluding hydrogens is 445 g/mol. The van der Waals surface area contributed by atoms with E-state index in [1.807, 2.05) is 30.3 Å². The second-order valence-electron chi connectivity index (χ2n) is 8.80. The van der Waals surface area contributed by atoms with Crippen LogP contribution in [0.1, 0.15) is 44.2 Å². The number of nitrogens with zero attached hydrogens (tertiary/aromatic N) is 1. The number of methoxy groups -OCH3 is 1. The Morgan fingerprint density at radius 2 is 1.83 bits per heavy atom. The Kier molecular flexibility index (Phi) is 11.2. The predicted molar refractivity (Wildman–Crippen MR) is 139 cm³/mol. The van der Waals surface area contributed by atoms with Crippen LogP contribution in [0.2, 0.25) is 0 Å². The highest BCUT2D eigenvalue weighted by Gasteiger charge is 2.29. The van der Waals surface area contributed by atoms with Crippen LogP contribution < -0.4 is 15.4 Å². The molecule has 35 heavy (non-hydrogen) atoms. The molecule has 0 saturated carbocycles. The summed E-state index contributed by atoms with van der Waals surface area (Å²) in [6.07, 6.45) is 2.68. The number of halogens is 1. The van der Waals surface area contributed by atoms with Crippen molar-refractivity contribution < 1.29 is 19.0 Å². The number of carboxylic acid groups (broad SMARTS) is 1. The molecule has 0 aliphatic carbocycles. The van der Waals surface area contributed by atoms with Gasteiger partial charge in [0.2, 0.25) is 5.88 Å². The molecule has 2 aromatic carbocycles. The van der Waals surface area contributed by atoms with Crippen molar-refractivity contribution in [1.82, 2.24) is 10.3 Å². The Morgan fingerprint density at radius 3 is 2.46 bits per heavy atom. The molecule has 0 aliphatic rings. The zero-order valence-corrected chi connectivity index (χ0v) is 20.9. The van der Waals surface area contributed by atoms with E-state index in [0.29, 0.717) is 11.8 Å². The van der Waals surface area contributed by atoms with Crippen molar-refractivity contribution in [2.45, 2.75) is 38.5 Å². The van der Waals surface area contributed by atoms with E-state index in [2.05, 4.69) is 28.6 Å². The lowest BCUT2D eigenvalue weighted by molar-refractivity contribution is -0.142. The Hall–Kier alpha value is -3.45. The van der Waals surface area contributed by atoms with Gasteiger partial charge in [0, 0.05) is 19.3 Å². The number of hydrogen-bond donors (Lipinski definition) is 3. The van der Waals surface area contributed by atoms with Gasteiger partial charge in [-0.2, -0.15) is 0 Å². The Bertz CT molecular complexity index is 1040. The van der Waals surface area contributed by atoms with Gasteiger partial charge in [0.15, 0.2) is 0 Å². The lowest BCUT2D eigenvalue weighted by Crippen LogP contribution is -2.29. The summed E-state index contributed by atoms with van der Waals surface area (Å²) in [5, 5.41) is 16.2. The van der Waals surface area contributed by atoms with E-state index in [0.717, 1.165) is 42.9 Å². The first-order valence-electron chi connectivity index (χ1n) is 11.7. The number of benzene rings is 2. The third-order valence-electron chi connectivity index (χ3n) is 5.71. The molecule has 1 atom stereocenters. The van der Waals surface area contributed by atoms with Crippen molar-refractivity contribution in [3.8, 4) is 5.88 Å².